The molecule has 0 aromatic carbocycles. The normalized spacial score (nSPS) is 16.1. The van der Waals surface area contributed by atoms with Crippen molar-refractivity contribution in [2.45, 2.75) is 34.1 Å². The molecule has 0 saturated carbocycles. The van der Waals surface area contributed by atoms with Gasteiger partial charge in [-0.25, -0.2) is 0 Å². The Bertz CT molecular complexity index is 880. The van der Waals surface area contributed by atoms with Crippen LogP contribution in [0.1, 0.15) is 45.4 Å². The number of halogens is 3. The summed E-state index contributed by atoms with van der Waals surface area (Å²) in [6.45, 7) is 7.81. The highest BCUT2D eigenvalue weighted by atomic mass is 35.5. The Morgan fingerprint density at radius 3 is 2.62 bits per heavy atom. The molecule has 2 rings (SSSR count). The van der Waals surface area contributed by atoms with Gasteiger partial charge in [-0.2, -0.15) is 4.39 Å². The maximum Gasteiger partial charge on any atom is 0.361 e. The molecule has 0 fully saturated rings. The molecule has 1 aliphatic rings. The quantitative estimate of drug-likeness (QED) is 0.317. The molecule has 0 atom stereocenters. The van der Waals surface area contributed by atoms with Crippen molar-refractivity contribution in [1.82, 2.24) is 0 Å². The van der Waals surface area contributed by atoms with Gasteiger partial charge in [0.1, 0.15) is 0 Å². The van der Waals surface area contributed by atoms with Gasteiger partial charge in [0.05, 0.1) is 10.6 Å². The van der Waals surface area contributed by atoms with Crippen molar-refractivity contribution in [3.63, 3.8) is 0 Å². The van der Waals surface area contributed by atoms with Crippen molar-refractivity contribution in [2.75, 3.05) is 0 Å². The molecular weight excluding hydrogens is 376 g/mol. The summed E-state index contributed by atoms with van der Waals surface area (Å²) in [5, 5.41) is 10.0. The summed E-state index contributed by atoms with van der Waals surface area (Å²) >= 11 is 12.0. The van der Waals surface area contributed by atoms with Gasteiger partial charge in [-0.3, -0.25) is 10.0 Å². The highest BCUT2D eigenvalue weighted by molar-refractivity contribution is 6.49. The van der Waals surface area contributed by atoms with E-state index in [0.717, 1.165) is 17.2 Å². The first kappa shape index (κ1) is 20.4. The van der Waals surface area contributed by atoms with Crippen LogP contribution in [0.5, 0.6) is 0 Å². The fraction of sp³-hybridized carbons (Fsp3) is 0.300. The van der Waals surface area contributed by atoms with Gasteiger partial charge in [0.15, 0.2) is 5.78 Å². The van der Waals surface area contributed by atoms with E-state index in [-0.39, 0.29) is 34.4 Å². The molecule has 0 unspecified atom stereocenters. The Morgan fingerprint density at radius 2 is 2.04 bits per heavy atom. The lowest BCUT2D eigenvalue weighted by Gasteiger charge is -2.18. The van der Waals surface area contributed by atoms with E-state index >= 15 is 0 Å². The summed E-state index contributed by atoms with van der Waals surface area (Å²) in [7, 11) is 0. The fourth-order valence-electron chi connectivity index (χ4n) is 3.08. The Balaban J connectivity index is 2.87. The minimum Gasteiger partial charge on any atom is -0.294 e. The molecule has 0 radical (unpaired) electrons. The summed E-state index contributed by atoms with van der Waals surface area (Å²) < 4.78 is 14.5. The summed E-state index contributed by atoms with van der Waals surface area (Å²) in [6.07, 6.45) is 6.96. The largest absolute Gasteiger partial charge is 0.361 e. The number of pyridine rings is 1. The number of hydrogen-bond donors (Lipinski definition) is 1. The van der Waals surface area contributed by atoms with Gasteiger partial charge in [0, 0.05) is 22.8 Å². The summed E-state index contributed by atoms with van der Waals surface area (Å²) in [4.78, 5) is 12.8. The summed E-state index contributed by atoms with van der Waals surface area (Å²) in [5.41, 5.74) is 2.67. The topological polar surface area (TPSA) is 41.2 Å². The van der Waals surface area contributed by atoms with E-state index in [1.165, 1.54) is 12.2 Å². The third-order valence-electron chi connectivity index (χ3n) is 4.17. The second-order valence-electron chi connectivity index (χ2n) is 6.38. The van der Waals surface area contributed by atoms with E-state index in [9.17, 15) is 14.4 Å². The van der Waals surface area contributed by atoms with Crippen molar-refractivity contribution >= 4 is 40.1 Å². The molecule has 0 aliphatic heterocycles. The predicted molar refractivity (Wildman–Crippen MR) is 103 cm³/mol. The lowest BCUT2D eigenvalue weighted by atomic mass is 9.85. The van der Waals surface area contributed by atoms with E-state index in [2.05, 4.69) is 0 Å². The van der Waals surface area contributed by atoms with Crippen LogP contribution in [-0.2, 0) is 4.79 Å². The van der Waals surface area contributed by atoms with Crippen molar-refractivity contribution in [2.24, 2.45) is 5.92 Å². The van der Waals surface area contributed by atoms with E-state index in [4.69, 9.17) is 23.2 Å². The molecule has 0 spiro atoms. The molecule has 0 saturated heterocycles. The molecule has 1 N–H and O–H groups in total. The van der Waals surface area contributed by atoms with E-state index in [1.807, 2.05) is 39.8 Å². The molecule has 1 aromatic heterocycles. The number of nitrogens with zero attached hydrogens (tertiary/aromatic N) is 1. The second-order valence-corrected chi connectivity index (χ2v) is 7.15. The molecule has 138 valence electrons. The summed E-state index contributed by atoms with van der Waals surface area (Å²) in [5.74, 6) is -0.875. The predicted octanol–water partition coefficient (Wildman–Crippen LogP) is 5.49. The molecular formula is C20H21Cl2FNO2+. The van der Waals surface area contributed by atoms with Crippen molar-refractivity contribution in [3.8, 4) is 0 Å². The maximum absolute atomic E-state index is 14.0. The number of aromatic nitrogens is 1. The number of carbonyl (C=O) groups is 1. The maximum atomic E-state index is 14.0. The first-order chi connectivity index (χ1) is 12.2. The van der Waals surface area contributed by atoms with Crippen LogP contribution in [0, 0.1) is 11.7 Å². The van der Waals surface area contributed by atoms with E-state index < -0.39 is 11.0 Å². The Labute approximate surface area is 162 Å². The average Bonchev–Trinajstić information content (AvgIpc) is 2.57. The smallest absolute Gasteiger partial charge is 0.294 e. The van der Waals surface area contributed by atoms with Crippen molar-refractivity contribution in [1.29, 1.82) is 0 Å². The van der Waals surface area contributed by atoms with E-state index in [1.54, 1.807) is 0 Å². The van der Waals surface area contributed by atoms with Gasteiger partial charge in [-0.1, -0.05) is 43.7 Å². The van der Waals surface area contributed by atoms with Gasteiger partial charge in [0.2, 0.25) is 5.82 Å². The number of rotatable bonds is 3. The van der Waals surface area contributed by atoms with Crippen LogP contribution in [0.25, 0.3) is 11.1 Å². The summed E-state index contributed by atoms with van der Waals surface area (Å²) in [6, 6.07) is 1.16. The lowest BCUT2D eigenvalue weighted by molar-refractivity contribution is -0.905. The Morgan fingerprint density at radius 1 is 1.38 bits per heavy atom. The van der Waals surface area contributed by atoms with Gasteiger partial charge < -0.3 is 0 Å². The van der Waals surface area contributed by atoms with Crippen LogP contribution in [0.4, 0.5) is 4.39 Å². The molecule has 1 aliphatic carbocycles. The Kier molecular flexibility index (Phi) is 6.43. The number of ketones is 1. The van der Waals surface area contributed by atoms with Gasteiger partial charge in [-0.05, 0) is 48.6 Å². The zero-order chi connectivity index (χ0) is 19.6. The van der Waals surface area contributed by atoms with Crippen LogP contribution in [-0.4, -0.2) is 11.0 Å². The molecule has 3 nitrogen and oxygen atoms in total. The standard InChI is InChI=1S/C20H21Cl2FNO2/c1-5-6-12(4)19(11(2)3)14-10-17-13(15(21)7-8-18(14)25)9-16(23)20(22)24(17)26/h5-7,9-11,26H,8H2,1-4H3/q+1/b6-5-,14-10?,15-7?,19-12+. The van der Waals surface area contributed by atoms with Crippen LogP contribution >= 0.6 is 23.2 Å². The first-order valence-corrected chi connectivity index (χ1v) is 9.02. The van der Waals surface area contributed by atoms with Gasteiger partial charge in [-0.15, -0.1) is 0 Å². The second kappa shape index (κ2) is 8.19. The molecule has 0 bridgehead atoms. The minimum absolute atomic E-state index is 0.0618. The first-order valence-electron chi connectivity index (χ1n) is 8.27. The van der Waals surface area contributed by atoms with Crippen LogP contribution in [0.15, 0.2) is 41.0 Å². The number of Topliss-reactive ketones (excluding diaryl/α,β-unsaturated/α-hetero) is 1. The number of carbonyl (C=O) groups excluding carboxylic acids is 1. The number of allylic oxidation sites excluding steroid dienone is 6. The Hall–Kier alpha value is -1.91. The highest BCUT2D eigenvalue weighted by Gasteiger charge is 2.30. The zero-order valence-electron chi connectivity index (χ0n) is 15.1. The van der Waals surface area contributed by atoms with Crippen molar-refractivity contribution < 1.29 is 19.1 Å². The third kappa shape index (κ3) is 3.92. The van der Waals surface area contributed by atoms with E-state index in [0.29, 0.717) is 10.3 Å². The molecule has 1 heterocycles. The SMILES string of the molecule is C/C=C\C(C)=C(\C1=Cc2c(cc(F)c(Cl)[n+]2O)C(Cl)=CCC1=O)C(C)C. The monoisotopic (exact) mass is 396 g/mol. The van der Waals surface area contributed by atoms with Gasteiger partial charge >= 0.3 is 5.15 Å². The van der Waals surface area contributed by atoms with Crippen LogP contribution in [0.3, 0.4) is 0 Å². The van der Waals surface area contributed by atoms with Crippen LogP contribution < -0.4 is 4.73 Å². The highest BCUT2D eigenvalue weighted by Crippen LogP contribution is 2.33. The minimum atomic E-state index is -0.800. The fourth-order valence-corrected chi connectivity index (χ4v) is 3.45. The van der Waals surface area contributed by atoms with Gasteiger partial charge in [0.25, 0.3) is 5.69 Å². The average molecular weight is 397 g/mol. The molecule has 26 heavy (non-hydrogen) atoms. The van der Waals surface area contributed by atoms with Crippen LogP contribution in [0.2, 0.25) is 5.15 Å². The lowest BCUT2D eigenvalue weighted by Crippen LogP contribution is -2.37. The van der Waals surface area contributed by atoms with Crippen molar-refractivity contribution in [3.05, 3.63) is 63.2 Å². The zero-order valence-corrected chi connectivity index (χ0v) is 16.6. The molecule has 0 amide bonds. The molecule has 6 heteroatoms. The molecule has 1 aromatic rings. The number of fused-ring (bicyclic) bond motifs is 1. The third-order valence-corrected chi connectivity index (χ3v) is 4.87. The number of hydrogen-bond acceptors (Lipinski definition) is 2.